The highest BCUT2D eigenvalue weighted by molar-refractivity contribution is 6.06. The molecule has 0 saturated heterocycles. The first kappa shape index (κ1) is 23.1. The number of nitrogens with two attached hydrogens (primary N) is 1. The minimum atomic E-state index is -4.84. The van der Waals surface area contributed by atoms with Crippen LogP contribution in [0.5, 0.6) is 0 Å². The maximum absolute atomic E-state index is 13.6. The van der Waals surface area contributed by atoms with Crippen LogP contribution in [0.25, 0.3) is 0 Å². The molecule has 0 radical (unpaired) electrons. The number of alkyl halides is 3. The highest BCUT2D eigenvalue weighted by Crippen LogP contribution is 2.32. The highest BCUT2D eigenvalue weighted by atomic mass is 19.4. The van der Waals surface area contributed by atoms with Crippen LogP contribution in [0.2, 0.25) is 0 Å². The van der Waals surface area contributed by atoms with Crippen molar-refractivity contribution in [1.82, 2.24) is 25.1 Å². The van der Waals surface area contributed by atoms with Crippen LogP contribution in [0.1, 0.15) is 47.8 Å². The second kappa shape index (κ2) is 9.28. The van der Waals surface area contributed by atoms with Crippen molar-refractivity contribution < 1.29 is 22.4 Å². The van der Waals surface area contributed by atoms with E-state index in [2.05, 4.69) is 20.1 Å². The number of aromatic nitrogens is 5. The number of nitrogens with one attached hydrogen (secondary N) is 1. The number of rotatable bonds is 7. The summed E-state index contributed by atoms with van der Waals surface area (Å²) in [7, 11) is 0. The van der Waals surface area contributed by atoms with Gasteiger partial charge in [-0.25, -0.2) is 9.37 Å². The first-order chi connectivity index (χ1) is 15.1. The lowest BCUT2D eigenvalue weighted by Gasteiger charge is -2.27. The summed E-state index contributed by atoms with van der Waals surface area (Å²) in [5.41, 5.74) is 4.29. The molecular formula is C20H21F4N7O. The zero-order chi connectivity index (χ0) is 23.5. The molecule has 8 nitrogen and oxygen atoms in total. The van der Waals surface area contributed by atoms with E-state index >= 15 is 0 Å². The molecule has 0 spiro atoms. The van der Waals surface area contributed by atoms with Crippen molar-refractivity contribution in [2.75, 3.05) is 17.2 Å². The Balaban J connectivity index is 2.07. The minimum Gasteiger partial charge on any atom is -0.381 e. The van der Waals surface area contributed by atoms with Crippen LogP contribution in [-0.4, -0.2) is 37.6 Å². The molecule has 3 rings (SSSR count). The zero-order valence-corrected chi connectivity index (χ0v) is 17.3. The molecule has 0 fully saturated rings. The smallest absolute Gasteiger partial charge is 0.381 e. The summed E-state index contributed by atoms with van der Waals surface area (Å²) >= 11 is 0. The first-order valence-corrected chi connectivity index (χ1v) is 9.68. The highest BCUT2D eigenvalue weighted by Gasteiger charge is 2.39. The maximum Gasteiger partial charge on any atom is 0.433 e. The molecule has 0 saturated carbocycles. The Morgan fingerprint density at radius 2 is 2.00 bits per heavy atom. The van der Waals surface area contributed by atoms with Gasteiger partial charge in [-0.3, -0.25) is 19.8 Å². The Labute approximate surface area is 180 Å². The lowest BCUT2D eigenvalue weighted by Crippen LogP contribution is -2.37. The van der Waals surface area contributed by atoms with Crippen LogP contribution in [-0.2, 0) is 6.18 Å². The molecule has 3 aromatic rings. The number of carbonyl (C=O) groups excluding carboxylic acids is 1. The second-order valence-electron chi connectivity index (χ2n) is 7.59. The van der Waals surface area contributed by atoms with Crippen LogP contribution < -0.4 is 10.6 Å². The summed E-state index contributed by atoms with van der Waals surface area (Å²) in [5, 5.41) is 5.19. The molecule has 3 aromatic heterocycles. The zero-order valence-electron chi connectivity index (χ0n) is 17.3. The van der Waals surface area contributed by atoms with Gasteiger partial charge in [0, 0.05) is 24.9 Å². The third-order valence-electron chi connectivity index (χ3n) is 4.71. The third-order valence-corrected chi connectivity index (χ3v) is 4.71. The average Bonchev–Trinajstić information content (AvgIpc) is 3.24. The molecule has 0 aliphatic rings. The van der Waals surface area contributed by atoms with Gasteiger partial charge in [-0.15, -0.1) is 0 Å². The molecule has 32 heavy (non-hydrogen) atoms. The molecule has 1 amide bonds. The standard InChI is InChI=1S/C20H21F4N7O/c1-11(2)6-13(12-4-3-5-26-7-12)10-31(19-27-9-15(21)17(25)29-19)18(32)14-8-28-30-16(14)20(22,23)24/h3-5,7-9,11,13H,6,10H2,1-2H3,(H,28,30)(H2,25,27,29). The molecule has 0 aliphatic heterocycles. The van der Waals surface area contributed by atoms with Gasteiger partial charge in [0.2, 0.25) is 5.95 Å². The minimum absolute atomic E-state index is 0.0870. The van der Waals surface area contributed by atoms with Crippen molar-refractivity contribution in [2.45, 2.75) is 32.4 Å². The van der Waals surface area contributed by atoms with E-state index < -0.39 is 35.0 Å². The molecule has 3 heterocycles. The summed E-state index contributed by atoms with van der Waals surface area (Å²) in [6, 6.07) is 3.53. The van der Waals surface area contributed by atoms with E-state index in [1.54, 1.807) is 18.5 Å². The predicted octanol–water partition coefficient (Wildman–Crippen LogP) is 3.81. The van der Waals surface area contributed by atoms with Crippen LogP contribution in [0, 0.1) is 11.7 Å². The van der Waals surface area contributed by atoms with Crippen LogP contribution in [0.3, 0.4) is 0 Å². The van der Waals surface area contributed by atoms with Crippen molar-refractivity contribution in [1.29, 1.82) is 0 Å². The van der Waals surface area contributed by atoms with Gasteiger partial charge in [-0.1, -0.05) is 19.9 Å². The average molecular weight is 451 g/mol. The van der Waals surface area contributed by atoms with Crippen molar-refractivity contribution >= 4 is 17.7 Å². The fourth-order valence-electron chi connectivity index (χ4n) is 3.29. The van der Waals surface area contributed by atoms with Crippen molar-refractivity contribution in [3.05, 3.63) is 59.6 Å². The fraction of sp³-hybridized carbons (Fsp3) is 0.350. The summed E-state index contributed by atoms with van der Waals surface area (Å²) in [5.74, 6) is -2.93. The van der Waals surface area contributed by atoms with E-state index in [0.29, 0.717) is 6.42 Å². The van der Waals surface area contributed by atoms with Gasteiger partial charge in [0.25, 0.3) is 5.91 Å². The van der Waals surface area contributed by atoms with Gasteiger partial charge in [-0.05, 0) is 24.0 Å². The number of carbonyl (C=O) groups is 1. The van der Waals surface area contributed by atoms with Gasteiger partial charge in [0.1, 0.15) is 0 Å². The van der Waals surface area contributed by atoms with E-state index in [1.165, 1.54) is 0 Å². The molecule has 1 unspecified atom stereocenters. The fourth-order valence-corrected chi connectivity index (χ4v) is 3.29. The quantitative estimate of drug-likeness (QED) is 0.528. The van der Waals surface area contributed by atoms with E-state index in [1.807, 2.05) is 25.0 Å². The molecule has 170 valence electrons. The van der Waals surface area contributed by atoms with Crippen LogP contribution in [0.15, 0.2) is 36.9 Å². The maximum atomic E-state index is 13.6. The number of pyridine rings is 1. The lowest BCUT2D eigenvalue weighted by molar-refractivity contribution is -0.141. The summed E-state index contributed by atoms with van der Waals surface area (Å²) in [4.78, 5) is 25.9. The van der Waals surface area contributed by atoms with Gasteiger partial charge < -0.3 is 5.73 Å². The van der Waals surface area contributed by atoms with Crippen molar-refractivity contribution in [3.8, 4) is 0 Å². The number of nitrogens with zero attached hydrogens (tertiary/aromatic N) is 5. The summed E-state index contributed by atoms with van der Waals surface area (Å²) in [6.45, 7) is 3.86. The second-order valence-corrected chi connectivity index (χ2v) is 7.59. The Morgan fingerprint density at radius 3 is 2.59 bits per heavy atom. The van der Waals surface area contributed by atoms with Gasteiger partial charge in [-0.2, -0.15) is 23.3 Å². The van der Waals surface area contributed by atoms with Crippen LogP contribution in [0.4, 0.5) is 29.3 Å². The van der Waals surface area contributed by atoms with Crippen LogP contribution >= 0.6 is 0 Å². The number of nitrogen functional groups attached to an aromatic ring is 1. The number of aromatic amines is 1. The first-order valence-electron chi connectivity index (χ1n) is 9.68. The third kappa shape index (κ3) is 5.18. The molecular weight excluding hydrogens is 430 g/mol. The van der Waals surface area contributed by atoms with Crippen molar-refractivity contribution in [2.24, 2.45) is 5.92 Å². The number of amides is 1. The summed E-state index contributed by atoms with van der Waals surface area (Å²) in [6.07, 6.45) is 0.505. The number of H-pyrrole nitrogens is 1. The number of halogens is 4. The number of anilines is 2. The molecule has 0 bridgehead atoms. The Kier molecular flexibility index (Phi) is 6.70. The molecule has 0 aliphatic carbocycles. The normalized spacial score (nSPS) is 12.7. The monoisotopic (exact) mass is 451 g/mol. The number of hydrogen-bond donors (Lipinski definition) is 2. The van der Waals surface area contributed by atoms with Crippen molar-refractivity contribution in [3.63, 3.8) is 0 Å². The Bertz CT molecular complexity index is 1070. The lowest BCUT2D eigenvalue weighted by atomic mass is 9.90. The van der Waals surface area contributed by atoms with Gasteiger partial charge in [0.15, 0.2) is 17.3 Å². The van der Waals surface area contributed by atoms with E-state index in [-0.39, 0.29) is 24.3 Å². The SMILES string of the molecule is CC(C)CC(CN(C(=O)c1cn[nH]c1C(F)(F)F)c1ncc(F)c(N)n1)c1cccnc1. The Hall–Kier alpha value is -3.57. The van der Waals surface area contributed by atoms with Gasteiger partial charge in [0.05, 0.1) is 18.0 Å². The van der Waals surface area contributed by atoms with E-state index in [0.717, 1.165) is 22.9 Å². The Morgan fingerprint density at radius 1 is 1.25 bits per heavy atom. The molecule has 1 atom stereocenters. The summed E-state index contributed by atoms with van der Waals surface area (Å²) < 4.78 is 53.8. The van der Waals surface area contributed by atoms with E-state index in [4.69, 9.17) is 5.73 Å². The largest absolute Gasteiger partial charge is 0.433 e. The predicted molar refractivity (Wildman–Crippen MR) is 108 cm³/mol. The van der Waals surface area contributed by atoms with Gasteiger partial charge >= 0.3 is 6.18 Å². The topological polar surface area (TPSA) is 114 Å². The number of hydrogen-bond acceptors (Lipinski definition) is 6. The molecule has 3 N–H and O–H groups in total. The molecule has 0 aromatic carbocycles. The molecule has 12 heteroatoms. The van der Waals surface area contributed by atoms with E-state index in [9.17, 15) is 22.4 Å².